The standard InChI is InChI=1S/C16H22N4O3/c1-2-20(11-15(22)13-4-3-5-14(21)8-13)16(23)17-7-6-12-9-18-19-10-12/h3-5,8-10,15,21-22H,2,6-7,11H2,1H3,(H,17,23)(H,18,19). The number of benzene rings is 1. The highest BCUT2D eigenvalue weighted by molar-refractivity contribution is 5.74. The fraction of sp³-hybridized carbons (Fsp3) is 0.375. The van der Waals surface area contributed by atoms with Crippen LogP contribution in [-0.4, -0.2) is 51.0 Å². The number of amides is 2. The Balaban J connectivity index is 1.84. The fourth-order valence-corrected chi connectivity index (χ4v) is 2.24. The molecule has 0 aliphatic carbocycles. The van der Waals surface area contributed by atoms with Gasteiger partial charge in [0.2, 0.25) is 0 Å². The van der Waals surface area contributed by atoms with Crippen LogP contribution < -0.4 is 5.32 Å². The molecule has 7 heteroatoms. The number of nitrogens with zero attached hydrogens (tertiary/aromatic N) is 2. The minimum absolute atomic E-state index is 0.0918. The maximum absolute atomic E-state index is 12.2. The molecule has 0 bridgehead atoms. The molecule has 0 aliphatic heterocycles. The van der Waals surface area contributed by atoms with Crippen LogP contribution in [-0.2, 0) is 6.42 Å². The van der Waals surface area contributed by atoms with Gasteiger partial charge in [0.15, 0.2) is 0 Å². The lowest BCUT2D eigenvalue weighted by molar-refractivity contribution is 0.123. The van der Waals surface area contributed by atoms with Gasteiger partial charge in [0.1, 0.15) is 5.75 Å². The van der Waals surface area contributed by atoms with Gasteiger partial charge in [0, 0.05) is 19.3 Å². The van der Waals surface area contributed by atoms with Gasteiger partial charge in [0.25, 0.3) is 0 Å². The van der Waals surface area contributed by atoms with Crippen LogP contribution >= 0.6 is 0 Å². The van der Waals surface area contributed by atoms with Crippen molar-refractivity contribution in [1.29, 1.82) is 0 Å². The third kappa shape index (κ3) is 5.00. The highest BCUT2D eigenvalue weighted by Gasteiger charge is 2.17. The Kier molecular flexibility index (Phi) is 5.99. The lowest BCUT2D eigenvalue weighted by Gasteiger charge is -2.24. The van der Waals surface area contributed by atoms with Crippen LogP contribution in [0.15, 0.2) is 36.7 Å². The summed E-state index contributed by atoms with van der Waals surface area (Å²) in [6, 6.07) is 6.19. The number of nitrogens with one attached hydrogen (secondary N) is 2. The van der Waals surface area contributed by atoms with E-state index in [9.17, 15) is 15.0 Å². The van der Waals surface area contributed by atoms with E-state index in [2.05, 4.69) is 15.5 Å². The molecule has 124 valence electrons. The zero-order valence-corrected chi connectivity index (χ0v) is 13.1. The first kappa shape index (κ1) is 16.8. The number of aliphatic hydroxyl groups excluding tert-OH is 1. The van der Waals surface area contributed by atoms with Crippen LogP contribution in [0.5, 0.6) is 5.75 Å². The number of aliphatic hydroxyl groups is 1. The minimum atomic E-state index is -0.846. The molecule has 1 aromatic carbocycles. The number of urea groups is 1. The third-order valence-corrected chi connectivity index (χ3v) is 3.56. The highest BCUT2D eigenvalue weighted by Crippen LogP contribution is 2.19. The Morgan fingerprint density at radius 2 is 2.30 bits per heavy atom. The van der Waals surface area contributed by atoms with Gasteiger partial charge in [-0.05, 0) is 36.6 Å². The molecule has 1 aromatic heterocycles. The van der Waals surface area contributed by atoms with Gasteiger partial charge in [-0.15, -0.1) is 0 Å². The molecule has 0 aliphatic rings. The molecule has 1 heterocycles. The molecule has 2 rings (SSSR count). The number of likely N-dealkylation sites (N-methyl/N-ethyl adjacent to an activating group) is 1. The summed E-state index contributed by atoms with van der Waals surface area (Å²) < 4.78 is 0. The number of rotatable bonds is 7. The lowest BCUT2D eigenvalue weighted by atomic mass is 10.1. The average Bonchev–Trinajstić information content (AvgIpc) is 3.05. The van der Waals surface area contributed by atoms with Crippen molar-refractivity contribution < 1.29 is 15.0 Å². The van der Waals surface area contributed by atoms with Gasteiger partial charge < -0.3 is 20.4 Å². The van der Waals surface area contributed by atoms with Crippen molar-refractivity contribution in [3.63, 3.8) is 0 Å². The second-order valence-electron chi connectivity index (χ2n) is 5.24. The molecule has 23 heavy (non-hydrogen) atoms. The molecular weight excluding hydrogens is 296 g/mol. The largest absolute Gasteiger partial charge is 0.508 e. The summed E-state index contributed by atoms with van der Waals surface area (Å²) in [5, 5.41) is 29.1. The first-order valence-electron chi connectivity index (χ1n) is 7.57. The number of aromatic amines is 1. The van der Waals surface area contributed by atoms with Gasteiger partial charge in [0.05, 0.1) is 18.8 Å². The van der Waals surface area contributed by atoms with Gasteiger partial charge >= 0.3 is 6.03 Å². The van der Waals surface area contributed by atoms with Crippen molar-refractivity contribution in [2.75, 3.05) is 19.6 Å². The molecule has 2 aromatic rings. The van der Waals surface area contributed by atoms with Gasteiger partial charge in [-0.25, -0.2) is 4.79 Å². The number of phenols is 1. The molecule has 0 radical (unpaired) electrons. The van der Waals surface area contributed by atoms with Crippen molar-refractivity contribution in [2.24, 2.45) is 0 Å². The lowest BCUT2D eigenvalue weighted by Crippen LogP contribution is -2.42. The minimum Gasteiger partial charge on any atom is -0.508 e. The highest BCUT2D eigenvalue weighted by atomic mass is 16.3. The van der Waals surface area contributed by atoms with Crippen molar-refractivity contribution >= 4 is 6.03 Å². The summed E-state index contributed by atoms with van der Waals surface area (Å²) in [6.45, 7) is 2.99. The monoisotopic (exact) mass is 318 g/mol. The predicted octanol–water partition coefficient (Wildman–Crippen LogP) is 1.42. The van der Waals surface area contributed by atoms with E-state index in [0.717, 1.165) is 5.56 Å². The zero-order valence-electron chi connectivity index (χ0n) is 13.1. The summed E-state index contributed by atoms with van der Waals surface area (Å²) in [4.78, 5) is 13.7. The quantitative estimate of drug-likeness (QED) is 0.620. The summed E-state index contributed by atoms with van der Waals surface area (Å²) in [5.74, 6) is 0.0918. The molecule has 0 saturated carbocycles. The number of hydrogen-bond donors (Lipinski definition) is 4. The maximum Gasteiger partial charge on any atom is 0.317 e. The van der Waals surface area contributed by atoms with Gasteiger partial charge in [-0.1, -0.05) is 12.1 Å². The topological polar surface area (TPSA) is 101 Å². The molecule has 4 N–H and O–H groups in total. The third-order valence-electron chi connectivity index (χ3n) is 3.56. The molecule has 7 nitrogen and oxygen atoms in total. The molecule has 0 spiro atoms. The molecule has 0 fully saturated rings. The van der Waals surface area contributed by atoms with E-state index in [1.165, 1.54) is 17.0 Å². The second-order valence-corrected chi connectivity index (χ2v) is 5.24. The van der Waals surface area contributed by atoms with E-state index in [1.54, 1.807) is 24.5 Å². The number of H-pyrrole nitrogens is 1. The number of hydrogen-bond acceptors (Lipinski definition) is 4. The van der Waals surface area contributed by atoms with Crippen LogP contribution in [0.4, 0.5) is 4.79 Å². The van der Waals surface area contributed by atoms with Crippen molar-refractivity contribution in [3.05, 3.63) is 47.8 Å². The van der Waals surface area contributed by atoms with E-state index >= 15 is 0 Å². The van der Waals surface area contributed by atoms with Crippen LogP contribution in [0.3, 0.4) is 0 Å². The number of carbonyl (C=O) groups is 1. The Hall–Kier alpha value is -2.54. The molecule has 1 unspecified atom stereocenters. The fourth-order valence-electron chi connectivity index (χ4n) is 2.24. The average molecular weight is 318 g/mol. The van der Waals surface area contributed by atoms with Crippen LogP contribution in [0, 0.1) is 0 Å². The van der Waals surface area contributed by atoms with Gasteiger partial charge in [-0.3, -0.25) is 5.10 Å². The van der Waals surface area contributed by atoms with Crippen molar-refractivity contribution in [1.82, 2.24) is 20.4 Å². The summed E-state index contributed by atoms with van der Waals surface area (Å²) in [6.07, 6.45) is 3.35. The van der Waals surface area contributed by atoms with Crippen LogP contribution in [0.2, 0.25) is 0 Å². The van der Waals surface area contributed by atoms with E-state index in [-0.39, 0.29) is 18.3 Å². The number of aromatic hydroxyl groups is 1. The van der Waals surface area contributed by atoms with E-state index in [1.807, 2.05) is 6.92 Å². The Labute approximate surface area is 135 Å². The zero-order chi connectivity index (χ0) is 16.7. The summed E-state index contributed by atoms with van der Waals surface area (Å²) >= 11 is 0. The van der Waals surface area contributed by atoms with Crippen LogP contribution in [0.1, 0.15) is 24.2 Å². The first-order chi connectivity index (χ1) is 11.1. The van der Waals surface area contributed by atoms with E-state index < -0.39 is 6.10 Å². The maximum atomic E-state index is 12.2. The molecular formula is C16H22N4O3. The van der Waals surface area contributed by atoms with E-state index in [0.29, 0.717) is 25.1 Å². The second kappa shape index (κ2) is 8.19. The smallest absolute Gasteiger partial charge is 0.317 e. The van der Waals surface area contributed by atoms with Gasteiger partial charge in [-0.2, -0.15) is 5.10 Å². The normalized spacial score (nSPS) is 11.9. The molecule has 1 atom stereocenters. The van der Waals surface area contributed by atoms with Crippen molar-refractivity contribution in [2.45, 2.75) is 19.4 Å². The molecule has 2 amide bonds. The molecule has 0 saturated heterocycles. The SMILES string of the molecule is CCN(CC(O)c1cccc(O)c1)C(=O)NCCc1cn[nH]c1. The van der Waals surface area contributed by atoms with E-state index in [4.69, 9.17) is 0 Å². The Morgan fingerprint density at radius 3 is 2.96 bits per heavy atom. The number of carbonyl (C=O) groups excluding carboxylic acids is 1. The first-order valence-corrected chi connectivity index (χ1v) is 7.57. The Bertz CT molecular complexity index is 616. The Morgan fingerprint density at radius 1 is 1.48 bits per heavy atom. The van der Waals surface area contributed by atoms with Crippen molar-refractivity contribution in [3.8, 4) is 5.75 Å². The summed E-state index contributed by atoms with van der Waals surface area (Å²) in [5.41, 5.74) is 1.60. The summed E-state index contributed by atoms with van der Waals surface area (Å²) in [7, 11) is 0. The number of aromatic nitrogens is 2. The number of phenolic OH excluding ortho intramolecular Hbond substituents is 1. The predicted molar refractivity (Wildman–Crippen MR) is 86.0 cm³/mol. The van der Waals surface area contributed by atoms with Crippen LogP contribution in [0.25, 0.3) is 0 Å².